The first-order chi connectivity index (χ1) is 36.2. The zero-order chi connectivity index (χ0) is 47.5. The lowest BCUT2D eigenvalue weighted by Gasteiger charge is -2.38. The van der Waals surface area contributed by atoms with Crippen LogP contribution in [-0.2, 0) is 0 Å². The third kappa shape index (κ3) is 5.94. The molecule has 0 radical (unpaired) electrons. The molecule has 3 nitrogen and oxygen atoms in total. The van der Waals surface area contributed by atoms with Crippen molar-refractivity contribution in [3.63, 3.8) is 0 Å². The van der Waals surface area contributed by atoms with Gasteiger partial charge in [-0.05, 0) is 184 Å². The Balaban J connectivity index is 1.13. The van der Waals surface area contributed by atoms with Crippen molar-refractivity contribution in [3.8, 4) is 66.8 Å². The first-order valence-corrected chi connectivity index (χ1v) is 27.7. The van der Waals surface area contributed by atoms with Crippen molar-refractivity contribution in [2.45, 2.75) is 87.9 Å². The monoisotopic (exact) mass is 939 g/mol. The van der Waals surface area contributed by atoms with E-state index in [2.05, 4.69) is 181 Å². The van der Waals surface area contributed by atoms with E-state index in [4.69, 9.17) is 9.97 Å². The first kappa shape index (κ1) is 41.1. The van der Waals surface area contributed by atoms with Crippen LogP contribution in [0.1, 0.15) is 110 Å². The average molecular weight is 940 g/mol. The zero-order valence-electron chi connectivity index (χ0n) is 41.3. The van der Waals surface area contributed by atoms with E-state index in [1.54, 1.807) is 11.1 Å². The second-order valence-electron chi connectivity index (χ2n) is 23.6. The molecule has 0 N–H and O–H groups in total. The highest BCUT2D eigenvalue weighted by molar-refractivity contribution is 6.33. The minimum Gasteiger partial charge on any atom is -0.305 e. The number of aromatic nitrogens is 3. The summed E-state index contributed by atoms with van der Waals surface area (Å²) >= 11 is 0. The summed E-state index contributed by atoms with van der Waals surface area (Å²) in [7, 11) is 0. The van der Waals surface area contributed by atoms with E-state index >= 15 is 0 Å². The van der Waals surface area contributed by atoms with E-state index in [9.17, 15) is 0 Å². The van der Waals surface area contributed by atoms with Gasteiger partial charge in [0.05, 0.1) is 28.9 Å². The lowest BCUT2D eigenvalue weighted by atomic mass is 9.67. The molecule has 19 rings (SSSR count). The van der Waals surface area contributed by atoms with Gasteiger partial charge in [-0.3, -0.25) is 9.97 Å². The van der Waals surface area contributed by atoms with Crippen molar-refractivity contribution in [1.82, 2.24) is 14.4 Å². The van der Waals surface area contributed by atoms with Gasteiger partial charge in [0.1, 0.15) is 0 Å². The molecule has 4 heterocycles. The molecule has 8 aliphatic carbocycles. The van der Waals surface area contributed by atoms with E-state index in [-0.39, 0.29) is 0 Å². The number of rotatable bonds is 6. The fourth-order valence-corrected chi connectivity index (χ4v) is 17.3. The van der Waals surface area contributed by atoms with Crippen molar-refractivity contribution in [2.24, 2.45) is 23.7 Å². The maximum atomic E-state index is 5.76. The molecule has 352 valence electrons. The summed E-state index contributed by atoms with van der Waals surface area (Å²) in [4.78, 5) is 11.5. The van der Waals surface area contributed by atoms with E-state index in [1.165, 1.54) is 180 Å². The molecule has 4 fully saturated rings. The van der Waals surface area contributed by atoms with E-state index in [0.29, 0.717) is 23.7 Å². The molecule has 11 aromatic rings. The highest BCUT2D eigenvalue weighted by Crippen LogP contribution is 2.63. The number of hydrogen-bond donors (Lipinski definition) is 0. The zero-order valence-corrected chi connectivity index (χ0v) is 41.3. The summed E-state index contributed by atoms with van der Waals surface area (Å²) in [6.45, 7) is 0. The molecule has 4 saturated carbocycles. The smallest absolute Gasteiger partial charge is 0.0728 e. The third-order valence-electron chi connectivity index (χ3n) is 19.6. The number of hydrogen-bond acceptors (Lipinski definition) is 2. The maximum Gasteiger partial charge on any atom is 0.0728 e. The number of benzene rings is 7. The van der Waals surface area contributed by atoms with Crippen LogP contribution in [0.3, 0.4) is 0 Å². The van der Waals surface area contributed by atoms with Gasteiger partial charge in [0.25, 0.3) is 0 Å². The SMILES string of the molecule is c1ccc(-c2cccc(-c3ccccc3)c2-c2cc(-c3c(-c4ccccc4)cccc3-c3ccccc3)c3c4c5c(ncc4n4c6cnc7c(c6c2c34)C2CC3CC(CC7C3)C2)C2CC3CC(C2)CC5C3)cc1. The largest absolute Gasteiger partial charge is 0.305 e. The lowest BCUT2D eigenvalue weighted by molar-refractivity contribution is 0.165. The minimum absolute atomic E-state index is 0.508. The number of fused-ring (bicyclic) bond motifs is 6. The normalized spacial score (nSPS) is 24.4. The summed E-state index contributed by atoms with van der Waals surface area (Å²) in [5.41, 5.74) is 25.1. The van der Waals surface area contributed by atoms with Gasteiger partial charge in [-0.15, -0.1) is 0 Å². The Kier molecular flexibility index (Phi) is 8.78. The molecule has 0 saturated heterocycles. The van der Waals surface area contributed by atoms with Crippen molar-refractivity contribution < 1.29 is 0 Å². The Hall–Kier alpha value is -7.36. The Bertz CT molecular complexity index is 3620. The third-order valence-corrected chi connectivity index (χ3v) is 19.6. The molecule has 4 unspecified atom stereocenters. The van der Waals surface area contributed by atoms with Crippen LogP contribution < -0.4 is 0 Å². The predicted octanol–water partition coefficient (Wildman–Crippen LogP) is 18.4. The summed E-state index contributed by atoms with van der Waals surface area (Å²) in [6.07, 6.45) is 17.8. The van der Waals surface area contributed by atoms with Gasteiger partial charge < -0.3 is 4.40 Å². The first-order valence-electron chi connectivity index (χ1n) is 27.7. The van der Waals surface area contributed by atoms with Crippen molar-refractivity contribution in [3.05, 3.63) is 199 Å². The van der Waals surface area contributed by atoms with Gasteiger partial charge >= 0.3 is 0 Å². The molecule has 0 aliphatic heterocycles. The highest BCUT2D eigenvalue weighted by atomic mass is 15.0. The van der Waals surface area contributed by atoms with Crippen molar-refractivity contribution >= 4 is 38.1 Å². The molecule has 4 atom stereocenters. The topological polar surface area (TPSA) is 30.2 Å². The Morgan fingerprint density at radius 2 is 0.644 bits per heavy atom. The summed E-state index contributed by atoms with van der Waals surface area (Å²) in [5.74, 6) is 5.22. The lowest BCUT2D eigenvalue weighted by Crippen LogP contribution is -2.25. The van der Waals surface area contributed by atoms with Gasteiger partial charge in [0.15, 0.2) is 0 Å². The fraction of sp³-hybridized carbons (Fsp3) is 0.257. The van der Waals surface area contributed by atoms with Crippen LogP contribution in [0.5, 0.6) is 0 Å². The molecule has 4 aromatic heterocycles. The fourth-order valence-electron chi connectivity index (χ4n) is 17.3. The maximum absolute atomic E-state index is 5.76. The average Bonchev–Trinajstić information content (AvgIpc) is 3.83. The molecular weight excluding hydrogens is 883 g/mol. The summed E-state index contributed by atoms with van der Waals surface area (Å²) in [6, 6.07) is 61.9. The van der Waals surface area contributed by atoms with E-state index < -0.39 is 0 Å². The van der Waals surface area contributed by atoms with Crippen LogP contribution >= 0.6 is 0 Å². The van der Waals surface area contributed by atoms with Crippen LogP contribution in [0.2, 0.25) is 0 Å². The summed E-state index contributed by atoms with van der Waals surface area (Å²) < 4.78 is 2.73. The quantitative estimate of drug-likeness (QED) is 0.166. The Morgan fingerprint density at radius 3 is 0.986 bits per heavy atom. The molecule has 7 aromatic carbocycles. The van der Waals surface area contributed by atoms with Gasteiger partial charge in [-0.25, -0.2) is 0 Å². The van der Waals surface area contributed by atoms with Crippen LogP contribution in [0.4, 0.5) is 0 Å². The number of pyridine rings is 2. The minimum atomic E-state index is 0.508. The van der Waals surface area contributed by atoms with Gasteiger partial charge in [0.2, 0.25) is 0 Å². The second-order valence-corrected chi connectivity index (χ2v) is 23.6. The summed E-state index contributed by atoms with van der Waals surface area (Å²) in [5, 5.41) is 5.75. The Labute approximate surface area is 427 Å². The van der Waals surface area contributed by atoms with Gasteiger partial charge in [0, 0.05) is 44.8 Å². The standard InChI is InChI=1S/C70H57N3/c1-5-15-44(16-6-1)52-23-13-24-53(45-17-7-2-8-18-45)62(52)56-37-57(63-54(46-19-9-3-10-20-46)25-14-26-55(63)47-21-11-4-12-22-47)65-67-59(39-72-69-51-35-42-28-43(36-51)32-49(31-42)61(67)69)73-58-38-71-68-50-33-40-27-41(34-50)30-48(29-40)60(68)66(58)64(56)70(65)73/h1-26,37-43,48-51H,27-36H2. The predicted molar refractivity (Wildman–Crippen MR) is 300 cm³/mol. The Morgan fingerprint density at radius 1 is 0.315 bits per heavy atom. The second kappa shape index (κ2) is 15.6. The highest BCUT2D eigenvalue weighted by Gasteiger charge is 2.47. The van der Waals surface area contributed by atoms with Gasteiger partial charge in [-0.2, -0.15) is 0 Å². The molecule has 0 amide bonds. The molecule has 0 spiro atoms. The number of nitrogens with zero attached hydrogens (tertiary/aromatic N) is 3. The molecule has 73 heavy (non-hydrogen) atoms. The van der Waals surface area contributed by atoms with Crippen molar-refractivity contribution in [1.29, 1.82) is 0 Å². The van der Waals surface area contributed by atoms with Crippen LogP contribution in [0.15, 0.2) is 176 Å². The van der Waals surface area contributed by atoms with E-state index in [1.807, 2.05) is 0 Å². The molecule has 8 bridgehead atoms. The molecule has 3 heteroatoms. The molecular formula is C70H57N3. The van der Waals surface area contributed by atoms with Gasteiger partial charge in [-0.1, -0.05) is 158 Å². The van der Waals surface area contributed by atoms with E-state index in [0.717, 1.165) is 23.7 Å². The van der Waals surface area contributed by atoms with Crippen LogP contribution in [-0.4, -0.2) is 14.4 Å². The van der Waals surface area contributed by atoms with Crippen LogP contribution in [0.25, 0.3) is 105 Å². The molecule has 8 aliphatic rings. The van der Waals surface area contributed by atoms with Crippen molar-refractivity contribution in [2.75, 3.05) is 0 Å². The van der Waals surface area contributed by atoms with Crippen LogP contribution in [0, 0.1) is 23.7 Å².